The highest BCUT2D eigenvalue weighted by Crippen LogP contribution is 2.32. The van der Waals surface area contributed by atoms with Crippen molar-refractivity contribution in [3.63, 3.8) is 0 Å². The van der Waals surface area contributed by atoms with E-state index in [0.717, 1.165) is 0 Å². The number of hydrogen-bond acceptors (Lipinski definition) is 6. The molecular formula is C38H76N4O5. The van der Waals surface area contributed by atoms with Crippen LogP contribution in [0.3, 0.4) is 0 Å². The van der Waals surface area contributed by atoms with Crippen molar-refractivity contribution in [3.8, 4) is 0 Å². The van der Waals surface area contributed by atoms with Crippen LogP contribution in [0.15, 0.2) is 0 Å². The number of hydrogen-bond donors (Lipinski definition) is 4. The fourth-order valence-corrected chi connectivity index (χ4v) is 5.23. The Balaban J connectivity index is 4.61. The highest BCUT2D eigenvalue weighted by molar-refractivity contribution is 5.79. The maximum absolute atomic E-state index is 13.0. The molecule has 9 nitrogen and oxygen atoms in total. The van der Waals surface area contributed by atoms with E-state index in [1.807, 2.05) is 69.2 Å². The molecule has 10 unspecified atom stereocenters. The molecule has 0 saturated carbocycles. The minimum Gasteiger partial charge on any atom is -0.373 e. The molecule has 0 fully saturated rings. The van der Waals surface area contributed by atoms with Crippen molar-refractivity contribution in [2.24, 2.45) is 53.1 Å². The molecule has 0 aliphatic rings. The van der Waals surface area contributed by atoms with Crippen molar-refractivity contribution in [1.82, 2.24) is 16.0 Å². The molecule has 0 radical (unpaired) electrons. The van der Waals surface area contributed by atoms with Gasteiger partial charge in [-0.15, -0.1) is 0 Å². The van der Waals surface area contributed by atoms with E-state index in [9.17, 15) is 14.4 Å². The normalized spacial score (nSPS) is 18.9. The average molecular weight is 669 g/mol. The number of carbonyl (C=O) groups excluding carboxylic acids is 3. The predicted octanol–water partition coefficient (Wildman–Crippen LogP) is 6.33. The molecular weight excluding hydrogens is 592 g/mol. The van der Waals surface area contributed by atoms with Gasteiger partial charge in [0, 0.05) is 43.4 Å². The van der Waals surface area contributed by atoms with E-state index in [1.165, 1.54) is 12.8 Å². The fraction of sp³-hybridized carbons (Fsp3) is 0.921. The molecule has 278 valence electrons. The molecule has 0 aromatic carbocycles. The first kappa shape index (κ1) is 45.3. The lowest BCUT2D eigenvalue weighted by atomic mass is 9.80. The zero-order valence-electron chi connectivity index (χ0n) is 33.0. The van der Waals surface area contributed by atoms with E-state index in [4.69, 9.17) is 15.2 Å². The Morgan fingerprint density at radius 3 is 1.70 bits per heavy atom. The average Bonchev–Trinajstić information content (AvgIpc) is 3.01. The van der Waals surface area contributed by atoms with Crippen molar-refractivity contribution >= 4 is 17.7 Å². The first-order valence-electron chi connectivity index (χ1n) is 18.4. The summed E-state index contributed by atoms with van der Waals surface area (Å²) in [7, 11) is 0. The first-order chi connectivity index (χ1) is 21.6. The summed E-state index contributed by atoms with van der Waals surface area (Å²) in [5.74, 6) is 0.890. The molecule has 0 rings (SSSR count). The van der Waals surface area contributed by atoms with Gasteiger partial charge in [-0.1, -0.05) is 75.2 Å². The van der Waals surface area contributed by atoms with Gasteiger partial charge < -0.3 is 31.2 Å². The molecule has 0 aliphatic heterocycles. The third kappa shape index (κ3) is 17.5. The highest BCUT2D eigenvalue weighted by Gasteiger charge is 2.34. The summed E-state index contributed by atoms with van der Waals surface area (Å²) in [5.41, 5.74) is 5.17. The second-order valence-corrected chi connectivity index (χ2v) is 16.2. The lowest BCUT2D eigenvalue weighted by Gasteiger charge is -2.39. The molecule has 3 amide bonds. The van der Waals surface area contributed by atoms with Crippen LogP contribution in [0.2, 0.25) is 0 Å². The van der Waals surface area contributed by atoms with Gasteiger partial charge in [-0.05, 0) is 83.5 Å². The zero-order valence-corrected chi connectivity index (χ0v) is 33.0. The second-order valence-electron chi connectivity index (χ2n) is 16.2. The second kappa shape index (κ2) is 21.4. The number of amides is 3. The molecule has 0 aromatic rings. The maximum Gasteiger partial charge on any atom is 0.223 e. The molecule has 47 heavy (non-hydrogen) atoms. The summed E-state index contributed by atoms with van der Waals surface area (Å²) in [6, 6.07) is -0.0852. The quantitative estimate of drug-likeness (QED) is 0.0951. The number of nitrogens with one attached hydrogen (secondary N) is 3. The number of nitrogens with two attached hydrogens (primary N) is 1. The Morgan fingerprint density at radius 1 is 0.681 bits per heavy atom. The van der Waals surface area contributed by atoms with Crippen molar-refractivity contribution in [3.05, 3.63) is 0 Å². The number of ether oxygens (including phenoxy) is 2. The lowest BCUT2D eigenvalue weighted by Crippen LogP contribution is -2.44. The molecule has 0 saturated heterocycles. The number of carbonyl (C=O) groups is 3. The minimum atomic E-state index is -0.470. The van der Waals surface area contributed by atoms with E-state index in [1.54, 1.807) is 0 Å². The summed E-state index contributed by atoms with van der Waals surface area (Å²) in [5, 5.41) is 9.13. The topological polar surface area (TPSA) is 132 Å². The van der Waals surface area contributed by atoms with Crippen LogP contribution >= 0.6 is 0 Å². The third-order valence-corrected chi connectivity index (χ3v) is 10.9. The molecule has 10 atom stereocenters. The van der Waals surface area contributed by atoms with Crippen LogP contribution in [-0.4, -0.2) is 67.3 Å². The fourth-order valence-electron chi connectivity index (χ4n) is 5.23. The Labute approximate surface area is 289 Å². The standard InChI is InChI=1S/C38H76N4O5/c1-16-17-25(3)31(9)38(14,15)47-23-37(12,13)46-22-28(6)30(8)36(45)41-21-27(5)33(11)42-34(43)19-18-24(2)29(7)35(44)40-20-26(4)32(10)39/h24-33H,16-23,39H2,1-15H3,(H,40,44)(H,41,45)(H,42,43). The van der Waals surface area contributed by atoms with E-state index >= 15 is 0 Å². The minimum absolute atomic E-state index is 0.00228. The molecule has 0 aromatic heterocycles. The molecule has 5 N–H and O–H groups in total. The van der Waals surface area contributed by atoms with Crippen molar-refractivity contribution < 1.29 is 23.9 Å². The molecule has 0 heterocycles. The van der Waals surface area contributed by atoms with Crippen LogP contribution in [0.25, 0.3) is 0 Å². The molecule has 0 bridgehead atoms. The van der Waals surface area contributed by atoms with Gasteiger partial charge in [-0.2, -0.15) is 0 Å². The Kier molecular flexibility index (Phi) is 20.6. The van der Waals surface area contributed by atoms with Crippen LogP contribution in [0.5, 0.6) is 0 Å². The highest BCUT2D eigenvalue weighted by atomic mass is 16.6. The summed E-state index contributed by atoms with van der Waals surface area (Å²) in [4.78, 5) is 38.2. The van der Waals surface area contributed by atoms with Gasteiger partial charge in [-0.3, -0.25) is 14.4 Å². The van der Waals surface area contributed by atoms with Crippen molar-refractivity contribution in [2.75, 3.05) is 26.3 Å². The van der Waals surface area contributed by atoms with Crippen LogP contribution in [0.4, 0.5) is 0 Å². The van der Waals surface area contributed by atoms with Gasteiger partial charge in [0.1, 0.15) is 0 Å². The van der Waals surface area contributed by atoms with Crippen LogP contribution in [0.1, 0.15) is 130 Å². The van der Waals surface area contributed by atoms with Crippen LogP contribution in [0, 0.1) is 47.3 Å². The Bertz CT molecular complexity index is 924. The summed E-state index contributed by atoms with van der Waals surface area (Å²) in [6.07, 6.45) is 3.33. The SMILES string of the molecule is CCCC(C)C(C)C(C)(C)OCC(C)(C)OCC(C)C(C)C(=O)NCC(C)C(C)NC(=O)CCC(C)C(C)C(=O)NCC(C)C(C)N. The van der Waals surface area contributed by atoms with Crippen molar-refractivity contribution in [2.45, 2.75) is 153 Å². The van der Waals surface area contributed by atoms with Gasteiger partial charge in [0.15, 0.2) is 0 Å². The largest absolute Gasteiger partial charge is 0.373 e. The Hall–Kier alpha value is -1.71. The lowest BCUT2D eigenvalue weighted by molar-refractivity contribution is -0.149. The zero-order chi connectivity index (χ0) is 36.7. The van der Waals surface area contributed by atoms with E-state index < -0.39 is 5.60 Å². The van der Waals surface area contributed by atoms with Crippen LogP contribution in [-0.2, 0) is 23.9 Å². The predicted molar refractivity (Wildman–Crippen MR) is 195 cm³/mol. The van der Waals surface area contributed by atoms with Crippen molar-refractivity contribution in [1.29, 1.82) is 0 Å². The monoisotopic (exact) mass is 669 g/mol. The smallest absolute Gasteiger partial charge is 0.223 e. The van der Waals surface area contributed by atoms with Gasteiger partial charge >= 0.3 is 0 Å². The number of rotatable bonds is 24. The summed E-state index contributed by atoms with van der Waals surface area (Å²) < 4.78 is 12.7. The van der Waals surface area contributed by atoms with E-state index in [2.05, 4.69) is 50.6 Å². The molecule has 9 heteroatoms. The Morgan fingerprint density at radius 2 is 1.19 bits per heavy atom. The third-order valence-electron chi connectivity index (χ3n) is 10.9. The molecule has 0 aliphatic carbocycles. The van der Waals surface area contributed by atoms with Gasteiger partial charge in [0.05, 0.1) is 24.4 Å². The van der Waals surface area contributed by atoms with Crippen LogP contribution < -0.4 is 21.7 Å². The van der Waals surface area contributed by atoms with E-state index in [0.29, 0.717) is 51.0 Å². The summed E-state index contributed by atoms with van der Waals surface area (Å²) in [6.45, 7) is 33.0. The maximum atomic E-state index is 13.0. The van der Waals surface area contributed by atoms with Gasteiger partial charge in [-0.25, -0.2) is 0 Å². The van der Waals surface area contributed by atoms with E-state index in [-0.39, 0.29) is 70.9 Å². The van der Waals surface area contributed by atoms with Gasteiger partial charge in [0.2, 0.25) is 17.7 Å². The summed E-state index contributed by atoms with van der Waals surface area (Å²) >= 11 is 0. The molecule has 0 spiro atoms. The first-order valence-corrected chi connectivity index (χ1v) is 18.4. The van der Waals surface area contributed by atoms with Gasteiger partial charge in [0.25, 0.3) is 0 Å².